The molecule has 0 aliphatic carbocycles. The van der Waals surface area contributed by atoms with Crippen molar-refractivity contribution in [2.45, 2.75) is 19.4 Å². The molecule has 3 heterocycles. The van der Waals surface area contributed by atoms with Crippen LogP contribution in [-0.4, -0.2) is 42.0 Å². The number of rotatable bonds is 6. The number of benzene rings is 2. The molecule has 0 saturated carbocycles. The van der Waals surface area contributed by atoms with Gasteiger partial charge in [0.15, 0.2) is 0 Å². The smallest absolute Gasteiger partial charge is 0.337 e. The van der Waals surface area contributed by atoms with Crippen LogP contribution in [0.3, 0.4) is 0 Å². The number of hydrogen-bond donors (Lipinski definition) is 2. The first-order chi connectivity index (χ1) is 16.6. The average Bonchev–Trinajstić information content (AvgIpc) is 3.50. The Kier molecular flexibility index (Phi) is 6.10. The molecule has 2 aliphatic rings. The Morgan fingerprint density at radius 1 is 1.09 bits per heavy atom. The molecule has 0 bridgehead atoms. The molecule has 7 heteroatoms. The van der Waals surface area contributed by atoms with Gasteiger partial charge in [-0.3, -0.25) is 14.7 Å². The lowest BCUT2D eigenvalue weighted by atomic mass is 9.99. The summed E-state index contributed by atoms with van der Waals surface area (Å²) in [6.45, 7) is 3.25. The van der Waals surface area contributed by atoms with E-state index in [0.717, 1.165) is 30.9 Å². The maximum Gasteiger partial charge on any atom is 0.337 e. The van der Waals surface area contributed by atoms with Crippen molar-refractivity contribution in [2.24, 2.45) is 0 Å². The molecule has 34 heavy (non-hydrogen) atoms. The van der Waals surface area contributed by atoms with Crippen LogP contribution in [0, 0.1) is 0 Å². The van der Waals surface area contributed by atoms with Crippen LogP contribution in [-0.2, 0) is 16.1 Å². The van der Waals surface area contributed by atoms with Crippen LogP contribution < -0.4 is 10.6 Å². The fraction of sp³-hybridized carbons (Fsp3) is 0.222. The largest absolute Gasteiger partial charge is 0.465 e. The Hall–Kier alpha value is -3.97. The third-order valence-electron chi connectivity index (χ3n) is 6.21. The molecule has 0 spiro atoms. The van der Waals surface area contributed by atoms with Gasteiger partial charge in [-0.2, -0.15) is 0 Å². The number of anilines is 2. The van der Waals surface area contributed by atoms with Crippen LogP contribution in [0.5, 0.6) is 0 Å². The molecular formula is C27H26N4O3. The van der Waals surface area contributed by atoms with E-state index in [4.69, 9.17) is 4.74 Å². The summed E-state index contributed by atoms with van der Waals surface area (Å²) >= 11 is 0. The number of esters is 1. The molecule has 2 aliphatic heterocycles. The van der Waals surface area contributed by atoms with Crippen LogP contribution in [0.2, 0.25) is 0 Å². The number of fused-ring (bicyclic) bond motifs is 1. The minimum absolute atomic E-state index is 0.242. The number of carbonyl (C=O) groups excluding carboxylic acids is 2. The van der Waals surface area contributed by atoms with Crippen LogP contribution in [0.4, 0.5) is 11.4 Å². The van der Waals surface area contributed by atoms with E-state index in [0.29, 0.717) is 28.1 Å². The van der Waals surface area contributed by atoms with Crippen molar-refractivity contribution in [2.75, 3.05) is 30.8 Å². The first-order valence-electron chi connectivity index (χ1n) is 11.4. The number of pyridine rings is 1. The Morgan fingerprint density at radius 3 is 2.59 bits per heavy atom. The minimum Gasteiger partial charge on any atom is -0.465 e. The zero-order valence-corrected chi connectivity index (χ0v) is 19.0. The lowest BCUT2D eigenvalue weighted by molar-refractivity contribution is -0.110. The standard InChI is InChI=1S/C27H26N4O3/c1-34-27(33)19-8-11-23-22(15-19)24(26(32)30-23)25(20-5-4-12-28-16-20)29-21-9-6-18(7-10-21)17-31-13-2-3-14-31/h4-12,15-16,29H,2-3,13-14,17H2,1H3,(H,30,32)/b25-24-. The third-order valence-corrected chi connectivity index (χ3v) is 6.21. The van der Waals surface area contributed by atoms with Gasteiger partial charge in [-0.05, 0) is 74.0 Å². The number of nitrogens with zero attached hydrogens (tertiary/aromatic N) is 2. The molecule has 1 saturated heterocycles. The third kappa shape index (κ3) is 4.43. The molecule has 1 aromatic heterocycles. The zero-order chi connectivity index (χ0) is 23.5. The number of carbonyl (C=O) groups is 2. The van der Waals surface area contributed by atoms with Crippen LogP contribution in [0.15, 0.2) is 67.0 Å². The van der Waals surface area contributed by atoms with E-state index >= 15 is 0 Å². The molecule has 3 aromatic rings. The number of aromatic nitrogens is 1. The summed E-state index contributed by atoms with van der Waals surface area (Å²) < 4.78 is 4.87. The summed E-state index contributed by atoms with van der Waals surface area (Å²) in [4.78, 5) is 31.9. The fourth-order valence-electron chi connectivity index (χ4n) is 4.49. The van der Waals surface area contributed by atoms with Gasteiger partial charge in [-0.15, -0.1) is 0 Å². The van der Waals surface area contributed by atoms with Crippen molar-refractivity contribution in [3.63, 3.8) is 0 Å². The number of amides is 1. The molecule has 1 amide bonds. The molecule has 2 aromatic carbocycles. The molecule has 172 valence electrons. The quantitative estimate of drug-likeness (QED) is 0.424. The molecule has 0 radical (unpaired) electrons. The van der Waals surface area contributed by atoms with Crippen molar-refractivity contribution in [3.8, 4) is 0 Å². The van der Waals surface area contributed by atoms with Crippen molar-refractivity contribution < 1.29 is 14.3 Å². The van der Waals surface area contributed by atoms with Gasteiger partial charge in [0, 0.05) is 41.4 Å². The zero-order valence-electron chi connectivity index (χ0n) is 19.0. The minimum atomic E-state index is -0.453. The summed E-state index contributed by atoms with van der Waals surface area (Å²) in [6.07, 6.45) is 5.94. The summed E-state index contributed by atoms with van der Waals surface area (Å²) in [5.41, 5.74) is 5.64. The van der Waals surface area contributed by atoms with Gasteiger partial charge in [0.05, 0.1) is 23.9 Å². The first kappa shape index (κ1) is 21.9. The van der Waals surface area contributed by atoms with E-state index in [-0.39, 0.29) is 5.91 Å². The highest BCUT2D eigenvalue weighted by molar-refractivity contribution is 6.37. The van der Waals surface area contributed by atoms with Crippen molar-refractivity contribution >= 4 is 34.5 Å². The Morgan fingerprint density at radius 2 is 1.88 bits per heavy atom. The van der Waals surface area contributed by atoms with E-state index in [9.17, 15) is 9.59 Å². The molecule has 0 unspecified atom stereocenters. The van der Waals surface area contributed by atoms with E-state index in [1.54, 1.807) is 30.6 Å². The second kappa shape index (κ2) is 9.49. The normalized spacial score (nSPS) is 16.7. The molecule has 2 N–H and O–H groups in total. The highest BCUT2D eigenvalue weighted by Gasteiger charge is 2.29. The molecule has 7 nitrogen and oxygen atoms in total. The molecular weight excluding hydrogens is 428 g/mol. The highest BCUT2D eigenvalue weighted by Crippen LogP contribution is 2.38. The van der Waals surface area contributed by atoms with Crippen LogP contribution >= 0.6 is 0 Å². The lowest BCUT2D eigenvalue weighted by Crippen LogP contribution is -2.18. The predicted molar refractivity (Wildman–Crippen MR) is 132 cm³/mol. The van der Waals surface area contributed by atoms with Gasteiger partial charge in [0.1, 0.15) is 0 Å². The van der Waals surface area contributed by atoms with Crippen molar-refractivity contribution in [1.82, 2.24) is 9.88 Å². The van der Waals surface area contributed by atoms with Gasteiger partial charge < -0.3 is 15.4 Å². The summed E-state index contributed by atoms with van der Waals surface area (Å²) in [5, 5.41) is 6.34. The molecule has 0 atom stereocenters. The van der Waals surface area contributed by atoms with E-state index in [1.807, 2.05) is 24.3 Å². The predicted octanol–water partition coefficient (Wildman–Crippen LogP) is 4.40. The van der Waals surface area contributed by atoms with Gasteiger partial charge in [0.2, 0.25) is 0 Å². The average molecular weight is 455 g/mol. The number of methoxy groups -OCH3 is 1. The summed E-state index contributed by atoms with van der Waals surface area (Å²) in [6, 6.07) is 17.1. The number of hydrogen-bond acceptors (Lipinski definition) is 6. The topological polar surface area (TPSA) is 83.6 Å². The second-order valence-electron chi connectivity index (χ2n) is 8.50. The second-order valence-corrected chi connectivity index (χ2v) is 8.50. The Bertz CT molecular complexity index is 1250. The summed E-state index contributed by atoms with van der Waals surface area (Å²) in [7, 11) is 1.34. The lowest BCUT2D eigenvalue weighted by Gasteiger charge is -2.17. The van der Waals surface area contributed by atoms with E-state index in [1.165, 1.54) is 25.5 Å². The number of ether oxygens (including phenoxy) is 1. The van der Waals surface area contributed by atoms with Crippen LogP contribution in [0.1, 0.15) is 39.9 Å². The van der Waals surface area contributed by atoms with Gasteiger partial charge >= 0.3 is 5.97 Å². The maximum atomic E-state index is 13.1. The van der Waals surface area contributed by atoms with Crippen LogP contribution in [0.25, 0.3) is 11.3 Å². The first-order valence-corrected chi connectivity index (χ1v) is 11.4. The van der Waals surface area contributed by atoms with Gasteiger partial charge in [0.25, 0.3) is 5.91 Å². The highest BCUT2D eigenvalue weighted by atomic mass is 16.5. The summed E-state index contributed by atoms with van der Waals surface area (Å²) in [5.74, 6) is -0.694. The Balaban J connectivity index is 1.53. The van der Waals surface area contributed by atoms with Gasteiger partial charge in [-0.1, -0.05) is 12.1 Å². The SMILES string of the molecule is COC(=O)c1ccc2c(c1)/C(=C(/Nc1ccc(CN3CCCC3)cc1)c1cccnc1)C(=O)N2. The molecule has 5 rings (SSSR count). The molecule has 1 fully saturated rings. The van der Waals surface area contributed by atoms with Gasteiger partial charge in [-0.25, -0.2) is 4.79 Å². The van der Waals surface area contributed by atoms with E-state index < -0.39 is 5.97 Å². The fourth-order valence-corrected chi connectivity index (χ4v) is 4.49. The van der Waals surface area contributed by atoms with Crippen molar-refractivity contribution in [3.05, 3.63) is 89.2 Å². The monoisotopic (exact) mass is 454 g/mol. The Labute approximate surface area is 198 Å². The maximum absolute atomic E-state index is 13.1. The number of nitrogens with one attached hydrogen (secondary N) is 2. The number of likely N-dealkylation sites (tertiary alicyclic amines) is 1. The van der Waals surface area contributed by atoms with Crippen molar-refractivity contribution in [1.29, 1.82) is 0 Å². The van der Waals surface area contributed by atoms with E-state index in [2.05, 4.69) is 32.7 Å².